The Bertz CT molecular complexity index is 631. The van der Waals surface area contributed by atoms with Gasteiger partial charge in [0.15, 0.2) is 0 Å². The lowest BCUT2D eigenvalue weighted by Gasteiger charge is -2.38. The smallest absolute Gasteiger partial charge is 0.328 e. The average molecular weight is 353 g/mol. The van der Waals surface area contributed by atoms with Crippen LogP contribution in [0, 0.1) is 5.82 Å². The maximum atomic E-state index is 12.9. The van der Waals surface area contributed by atoms with E-state index in [1.165, 1.54) is 12.1 Å². The molecule has 0 saturated carbocycles. The molecule has 0 spiro atoms. The van der Waals surface area contributed by atoms with Crippen molar-refractivity contribution in [3.63, 3.8) is 0 Å². The molecule has 2 N–H and O–H groups in total. The number of morpholine rings is 1. The maximum absolute atomic E-state index is 12.9. The van der Waals surface area contributed by atoms with Crippen molar-refractivity contribution in [1.82, 2.24) is 4.90 Å². The van der Waals surface area contributed by atoms with Crippen LogP contribution in [0.5, 0.6) is 0 Å². The SMILES string of the molecule is CCN1CC2COC(c3ccc(F)cc3)(C1)O2.O=C(O)/C=C\C(=O)O. The van der Waals surface area contributed by atoms with Gasteiger partial charge in [0, 0.05) is 24.3 Å². The van der Waals surface area contributed by atoms with E-state index in [4.69, 9.17) is 19.7 Å². The van der Waals surface area contributed by atoms with Crippen LogP contribution in [0.4, 0.5) is 4.39 Å². The molecule has 136 valence electrons. The first-order chi connectivity index (χ1) is 11.8. The van der Waals surface area contributed by atoms with Crippen LogP contribution in [0.2, 0.25) is 0 Å². The molecule has 0 aromatic heterocycles. The zero-order chi connectivity index (χ0) is 18.4. The Labute approximate surface area is 144 Å². The number of ether oxygens (including phenoxy) is 2. The minimum Gasteiger partial charge on any atom is -0.478 e. The van der Waals surface area contributed by atoms with Gasteiger partial charge in [0.2, 0.25) is 5.79 Å². The van der Waals surface area contributed by atoms with Gasteiger partial charge < -0.3 is 19.7 Å². The quantitative estimate of drug-likeness (QED) is 0.791. The van der Waals surface area contributed by atoms with Crippen LogP contribution in [0.15, 0.2) is 36.4 Å². The lowest BCUT2D eigenvalue weighted by molar-refractivity contribution is -0.212. The second kappa shape index (κ2) is 8.19. The summed E-state index contributed by atoms with van der Waals surface area (Å²) in [6.45, 7) is 5.36. The van der Waals surface area contributed by atoms with E-state index < -0.39 is 17.7 Å². The molecule has 0 aliphatic carbocycles. The number of fused-ring (bicyclic) bond motifs is 2. The van der Waals surface area contributed by atoms with Crippen LogP contribution in [-0.2, 0) is 24.8 Å². The fourth-order valence-electron chi connectivity index (χ4n) is 2.71. The highest BCUT2D eigenvalue weighted by molar-refractivity contribution is 5.89. The van der Waals surface area contributed by atoms with Crippen molar-refractivity contribution in [2.24, 2.45) is 0 Å². The molecule has 25 heavy (non-hydrogen) atoms. The number of carbonyl (C=O) groups is 2. The summed E-state index contributed by atoms with van der Waals surface area (Å²) in [5, 5.41) is 15.6. The molecule has 1 aromatic rings. The molecule has 2 bridgehead atoms. The Morgan fingerprint density at radius 1 is 1.28 bits per heavy atom. The van der Waals surface area contributed by atoms with Gasteiger partial charge in [-0.05, 0) is 18.7 Å². The number of hydrogen-bond donors (Lipinski definition) is 2. The fraction of sp³-hybridized carbons (Fsp3) is 0.412. The summed E-state index contributed by atoms with van der Waals surface area (Å²) in [7, 11) is 0. The van der Waals surface area contributed by atoms with Crippen molar-refractivity contribution in [2.45, 2.75) is 18.8 Å². The van der Waals surface area contributed by atoms with Crippen molar-refractivity contribution in [2.75, 3.05) is 26.2 Å². The first-order valence-electron chi connectivity index (χ1n) is 7.78. The Balaban J connectivity index is 0.000000242. The van der Waals surface area contributed by atoms with Gasteiger partial charge in [-0.25, -0.2) is 14.0 Å². The lowest BCUT2D eigenvalue weighted by Crippen LogP contribution is -2.49. The zero-order valence-electron chi connectivity index (χ0n) is 13.7. The minimum atomic E-state index is -1.26. The number of rotatable bonds is 4. The number of halogens is 1. The minimum absolute atomic E-state index is 0.133. The highest BCUT2D eigenvalue weighted by Gasteiger charge is 2.48. The van der Waals surface area contributed by atoms with E-state index in [9.17, 15) is 14.0 Å². The summed E-state index contributed by atoms with van der Waals surface area (Å²) in [6.07, 6.45) is 1.25. The van der Waals surface area contributed by atoms with Crippen LogP contribution < -0.4 is 0 Å². The molecule has 0 radical (unpaired) electrons. The summed E-state index contributed by atoms with van der Waals surface area (Å²) < 4.78 is 24.7. The molecular weight excluding hydrogens is 333 g/mol. The van der Waals surface area contributed by atoms with E-state index in [1.54, 1.807) is 12.1 Å². The summed E-state index contributed by atoms with van der Waals surface area (Å²) in [5.74, 6) is -3.44. The van der Waals surface area contributed by atoms with E-state index in [-0.39, 0.29) is 11.9 Å². The van der Waals surface area contributed by atoms with Crippen LogP contribution >= 0.6 is 0 Å². The molecule has 2 aliphatic rings. The normalized spacial score (nSPS) is 25.4. The Hall–Kier alpha value is -2.29. The van der Waals surface area contributed by atoms with E-state index in [1.807, 2.05) is 0 Å². The van der Waals surface area contributed by atoms with Crippen molar-refractivity contribution >= 4 is 11.9 Å². The number of hydrogen-bond acceptors (Lipinski definition) is 5. The van der Waals surface area contributed by atoms with Gasteiger partial charge in [-0.1, -0.05) is 19.1 Å². The highest BCUT2D eigenvalue weighted by Crippen LogP contribution is 2.38. The topological polar surface area (TPSA) is 96.3 Å². The van der Waals surface area contributed by atoms with Gasteiger partial charge in [0.25, 0.3) is 0 Å². The molecule has 3 rings (SSSR count). The van der Waals surface area contributed by atoms with Crippen LogP contribution in [0.1, 0.15) is 12.5 Å². The van der Waals surface area contributed by atoms with E-state index >= 15 is 0 Å². The number of carboxylic acids is 2. The summed E-state index contributed by atoms with van der Waals surface area (Å²) in [6, 6.07) is 6.40. The van der Waals surface area contributed by atoms with E-state index in [0.29, 0.717) is 25.3 Å². The van der Waals surface area contributed by atoms with Crippen LogP contribution in [-0.4, -0.2) is 59.4 Å². The van der Waals surface area contributed by atoms with Gasteiger partial charge in [0.1, 0.15) is 5.82 Å². The van der Waals surface area contributed by atoms with Gasteiger partial charge in [0.05, 0.1) is 19.3 Å². The third-order valence-electron chi connectivity index (χ3n) is 3.85. The predicted octanol–water partition coefficient (Wildman–Crippen LogP) is 1.44. The first kappa shape index (κ1) is 19.0. The second-order valence-electron chi connectivity index (χ2n) is 5.65. The van der Waals surface area contributed by atoms with Gasteiger partial charge in [-0.2, -0.15) is 0 Å². The largest absolute Gasteiger partial charge is 0.478 e. The molecule has 7 nitrogen and oxygen atoms in total. The van der Waals surface area contributed by atoms with Gasteiger partial charge in [-0.3, -0.25) is 4.90 Å². The maximum Gasteiger partial charge on any atom is 0.328 e. The molecule has 2 heterocycles. The van der Waals surface area contributed by atoms with Crippen LogP contribution in [0.3, 0.4) is 0 Å². The number of nitrogens with zero attached hydrogens (tertiary/aromatic N) is 1. The van der Waals surface area contributed by atoms with Gasteiger partial charge >= 0.3 is 11.9 Å². The van der Waals surface area contributed by atoms with Crippen molar-refractivity contribution in [1.29, 1.82) is 0 Å². The first-order valence-corrected chi connectivity index (χ1v) is 7.78. The third kappa shape index (κ3) is 5.09. The molecule has 2 aliphatic heterocycles. The third-order valence-corrected chi connectivity index (χ3v) is 3.85. The van der Waals surface area contributed by atoms with Crippen molar-refractivity contribution < 1.29 is 33.7 Å². The molecular formula is C17H20FNO6. The summed E-state index contributed by atoms with van der Waals surface area (Å²) in [4.78, 5) is 21.4. The monoisotopic (exact) mass is 353 g/mol. The molecule has 0 amide bonds. The molecule has 2 saturated heterocycles. The second-order valence-corrected chi connectivity index (χ2v) is 5.65. The number of benzene rings is 1. The lowest BCUT2D eigenvalue weighted by atomic mass is 10.0. The molecule has 2 atom stereocenters. The van der Waals surface area contributed by atoms with Crippen molar-refractivity contribution in [3.05, 3.63) is 47.8 Å². The molecule has 2 fully saturated rings. The Morgan fingerprint density at radius 3 is 2.40 bits per heavy atom. The molecule has 2 unspecified atom stereocenters. The summed E-state index contributed by atoms with van der Waals surface area (Å²) in [5.41, 5.74) is 0.902. The number of carboxylic acid groups (broad SMARTS) is 2. The number of likely N-dealkylation sites (N-methyl/N-ethyl adjacent to an activating group) is 1. The molecule has 1 aromatic carbocycles. The standard InChI is InChI=1S/C13H16FNO2.C4H4O4/c1-2-15-7-12-8-16-13(9-15,17-12)10-3-5-11(14)6-4-10;5-3(6)1-2-4(7)8/h3-6,12H,2,7-9H2,1H3;1-2H,(H,5,6)(H,7,8)/b;2-1-. The number of aliphatic carboxylic acids is 2. The van der Waals surface area contributed by atoms with E-state index in [0.717, 1.165) is 18.7 Å². The zero-order valence-corrected chi connectivity index (χ0v) is 13.7. The fourth-order valence-corrected chi connectivity index (χ4v) is 2.71. The Kier molecular flexibility index (Phi) is 6.24. The van der Waals surface area contributed by atoms with E-state index in [2.05, 4.69) is 11.8 Å². The Morgan fingerprint density at radius 2 is 1.88 bits per heavy atom. The highest BCUT2D eigenvalue weighted by atomic mass is 19.1. The molecule has 8 heteroatoms. The summed E-state index contributed by atoms with van der Waals surface area (Å²) >= 11 is 0. The van der Waals surface area contributed by atoms with Crippen molar-refractivity contribution in [3.8, 4) is 0 Å². The predicted molar refractivity (Wildman–Crippen MR) is 85.4 cm³/mol. The van der Waals surface area contributed by atoms with Gasteiger partial charge in [-0.15, -0.1) is 0 Å². The van der Waals surface area contributed by atoms with Crippen LogP contribution in [0.25, 0.3) is 0 Å². The average Bonchev–Trinajstić information content (AvgIpc) is 2.89.